The second-order valence-corrected chi connectivity index (χ2v) is 16.1. The van der Waals surface area contributed by atoms with Gasteiger partial charge in [0.15, 0.2) is 0 Å². The summed E-state index contributed by atoms with van der Waals surface area (Å²) in [6.45, 7) is 4.40. The van der Waals surface area contributed by atoms with Gasteiger partial charge in [-0.25, -0.2) is 8.42 Å². The Kier molecular flexibility index (Phi) is 22.3. The molecule has 2 N–H and O–H groups in total. The predicted molar refractivity (Wildman–Crippen MR) is 214 cm³/mol. The van der Waals surface area contributed by atoms with Gasteiger partial charge in [-0.15, -0.1) is 5.75 Å². The van der Waals surface area contributed by atoms with Crippen LogP contribution in [0.3, 0.4) is 0 Å². The molecular formula is C42H54CaO10S2. The monoisotopic (exact) mass is 822 g/mol. The molecule has 0 bridgehead atoms. The quantitative estimate of drug-likeness (QED) is 0.0441. The first-order valence-corrected chi connectivity index (χ1v) is 21.8. The van der Waals surface area contributed by atoms with E-state index in [9.17, 15) is 36.2 Å². The summed E-state index contributed by atoms with van der Waals surface area (Å²) in [4.78, 5) is -0.657. The number of benzene rings is 4. The summed E-state index contributed by atoms with van der Waals surface area (Å²) < 4.78 is 78.5. The number of hydrogen-bond acceptors (Lipinski definition) is 9. The number of phenols is 1. The number of rotatable bonds is 22. The summed E-state index contributed by atoms with van der Waals surface area (Å²) in [7, 11) is -9.04. The second kappa shape index (κ2) is 25.4. The average Bonchev–Trinajstić information content (AvgIpc) is 3.12. The van der Waals surface area contributed by atoms with E-state index in [4.69, 9.17) is 9.47 Å². The Morgan fingerprint density at radius 3 is 1.35 bits per heavy atom. The fourth-order valence-corrected chi connectivity index (χ4v) is 7.02. The number of ether oxygens (including phenoxy) is 2. The molecule has 0 aliphatic carbocycles. The zero-order valence-corrected chi connectivity index (χ0v) is 35.9. The third-order valence-corrected chi connectivity index (χ3v) is 10.6. The molecule has 0 saturated carbocycles. The third-order valence-electron chi connectivity index (χ3n) is 8.82. The first-order chi connectivity index (χ1) is 25.8. The zero-order valence-electron chi connectivity index (χ0n) is 32.1. The van der Waals surface area contributed by atoms with Crippen molar-refractivity contribution in [1.82, 2.24) is 0 Å². The Labute approximate surface area is 357 Å². The Morgan fingerprint density at radius 1 is 0.545 bits per heavy atom. The van der Waals surface area contributed by atoms with Gasteiger partial charge in [-0.2, -0.15) is 8.42 Å². The summed E-state index contributed by atoms with van der Waals surface area (Å²) >= 11 is 0. The van der Waals surface area contributed by atoms with Crippen LogP contribution in [0.4, 0.5) is 0 Å². The van der Waals surface area contributed by atoms with Crippen LogP contribution in [-0.2, 0) is 33.1 Å². The van der Waals surface area contributed by atoms with Crippen molar-refractivity contribution in [1.29, 1.82) is 0 Å². The van der Waals surface area contributed by atoms with Gasteiger partial charge in [-0.05, 0) is 97.5 Å². The normalized spacial score (nSPS) is 11.3. The molecular weight excluding hydrogens is 769 g/mol. The van der Waals surface area contributed by atoms with Crippen LogP contribution in [0.25, 0.3) is 0 Å². The van der Waals surface area contributed by atoms with Crippen LogP contribution in [0.15, 0.2) is 94.7 Å². The van der Waals surface area contributed by atoms with Crippen molar-refractivity contribution >= 4 is 58.0 Å². The van der Waals surface area contributed by atoms with Gasteiger partial charge in [0.25, 0.3) is 10.1 Å². The van der Waals surface area contributed by atoms with Crippen molar-refractivity contribution in [2.75, 3.05) is 0 Å². The van der Waals surface area contributed by atoms with Gasteiger partial charge in [0, 0.05) is 0 Å². The van der Waals surface area contributed by atoms with E-state index >= 15 is 0 Å². The summed E-state index contributed by atoms with van der Waals surface area (Å²) in [5.41, 5.74) is 1.89. The molecule has 4 aromatic rings. The van der Waals surface area contributed by atoms with E-state index in [1.54, 1.807) is 24.3 Å². The minimum Gasteiger partial charge on any atom is -0.872 e. The van der Waals surface area contributed by atoms with Crippen molar-refractivity contribution in [2.24, 2.45) is 0 Å². The van der Waals surface area contributed by atoms with Crippen molar-refractivity contribution in [3.8, 4) is 34.5 Å². The van der Waals surface area contributed by atoms with Gasteiger partial charge >= 0.3 is 37.7 Å². The molecule has 0 radical (unpaired) electrons. The van der Waals surface area contributed by atoms with Crippen LogP contribution >= 0.6 is 0 Å². The first kappa shape index (κ1) is 48.3. The summed E-state index contributed by atoms with van der Waals surface area (Å²) in [6, 6.07) is 20.8. The van der Waals surface area contributed by atoms with E-state index in [0.717, 1.165) is 49.7 Å². The Bertz CT molecular complexity index is 1770. The first-order valence-electron chi connectivity index (χ1n) is 18.9. The van der Waals surface area contributed by atoms with Crippen molar-refractivity contribution in [3.63, 3.8) is 0 Å². The molecule has 13 heteroatoms. The average molecular weight is 823 g/mol. The molecule has 0 heterocycles. The smallest absolute Gasteiger partial charge is 0.872 e. The SMILES string of the molecule is CCCCCCCCCc1ccc(S(=O)(=O)O)c(Oc2ccc(O)cc2)c1.CCCCCCCCCc1ccc(S(=O)(=O)[O-])c(Oc2ccc([O-])cc2)c1.[Ca+2]. The molecule has 296 valence electrons. The van der Waals surface area contributed by atoms with Crippen LogP contribution in [0.1, 0.15) is 115 Å². The second-order valence-electron chi connectivity index (χ2n) is 13.4. The van der Waals surface area contributed by atoms with E-state index in [1.807, 2.05) is 0 Å². The Hall–Kier alpha value is -2.84. The summed E-state index contributed by atoms with van der Waals surface area (Å²) in [5, 5.41) is 20.5. The van der Waals surface area contributed by atoms with Crippen molar-refractivity contribution < 1.29 is 45.6 Å². The number of aryl methyl sites for hydroxylation is 2. The zero-order chi connectivity index (χ0) is 39.4. The van der Waals surface area contributed by atoms with Crippen LogP contribution in [0.5, 0.6) is 34.5 Å². The van der Waals surface area contributed by atoms with E-state index in [1.165, 1.54) is 125 Å². The van der Waals surface area contributed by atoms with Gasteiger partial charge in [-0.3, -0.25) is 4.55 Å². The molecule has 0 saturated heterocycles. The molecule has 10 nitrogen and oxygen atoms in total. The molecule has 0 spiro atoms. The molecule has 4 aromatic carbocycles. The molecule has 0 fully saturated rings. The maximum absolute atomic E-state index is 11.6. The minimum atomic E-state index is -4.65. The fourth-order valence-electron chi connectivity index (χ4n) is 5.84. The maximum atomic E-state index is 11.6. The minimum absolute atomic E-state index is 0. The van der Waals surface area contributed by atoms with E-state index in [0.29, 0.717) is 11.5 Å². The number of hydrogen-bond donors (Lipinski definition) is 2. The van der Waals surface area contributed by atoms with E-state index in [-0.39, 0.29) is 65.6 Å². The van der Waals surface area contributed by atoms with Gasteiger partial charge in [0.05, 0.1) is 4.90 Å². The molecule has 0 amide bonds. The molecule has 0 aliphatic rings. The number of aromatic hydroxyl groups is 1. The standard InChI is InChI=1S/2C21H28O5S.Ca/c2*1-2-3-4-5-6-7-8-9-17-10-15-21(27(23,24)25)20(16-17)26-19-13-11-18(22)12-14-19;/h2*10-16,22H,2-9H2,1H3,(H,23,24,25);/q;;+2/p-2. The molecule has 0 atom stereocenters. The number of phenolic OH excluding ortho intramolecular Hbond substituents is 1. The van der Waals surface area contributed by atoms with E-state index in [2.05, 4.69) is 13.8 Å². The molecule has 55 heavy (non-hydrogen) atoms. The third kappa shape index (κ3) is 18.8. The van der Waals surface area contributed by atoms with Crippen molar-refractivity contribution in [3.05, 3.63) is 96.1 Å². The molecule has 0 unspecified atom stereocenters. The summed E-state index contributed by atoms with van der Waals surface area (Å²) in [6.07, 6.45) is 18.4. The molecule has 4 rings (SSSR count). The van der Waals surface area contributed by atoms with Crippen LogP contribution in [0.2, 0.25) is 0 Å². The summed E-state index contributed by atoms with van der Waals surface area (Å²) in [5.74, 6) is 0.697. The Morgan fingerprint density at radius 2 is 0.927 bits per heavy atom. The number of unbranched alkanes of at least 4 members (excludes halogenated alkanes) is 12. The molecule has 0 aromatic heterocycles. The largest absolute Gasteiger partial charge is 2.00 e. The van der Waals surface area contributed by atoms with Crippen LogP contribution in [0, 0.1) is 0 Å². The molecule has 0 aliphatic heterocycles. The fraction of sp³-hybridized carbons (Fsp3) is 0.429. The topological polar surface area (TPSA) is 173 Å². The van der Waals surface area contributed by atoms with Crippen molar-refractivity contribution in [2.45, 2.75) is 126 Å². The van der Waals surface area contributed by atoms with E-state index < -0.39 is 25.1 Å². The van der Waals surface area contributed by atoms with Gasteiger partial charge in [0.1, 0.15) is 43.8 Å². The van der Waals surface area contributed by atoms with Crippen LogP contribution in [-0.4, -0.2) is 68.8 Å². The van der Waals surface area contributed by atoms with Gasteiger partial charge < -0.3 is 24.2 Å². The van der Waals surface area contributed by atoms with Crippen LogP contribution < -0.4 is 14.6 Å². The Balaban J connectivity index is 0.000000373. The maximum Gasteiger partial charge on any atom is 2.00 e. The van der Waals surface area contributed by atoms with Gasteiger partial charge in [0.2, 0.25) is 0 Å². The predicted octanol–water partition coefficient (Wildman–Crippen LogP) is 10.1. The van der Waals surface area contributed by atoms with Gasteiger partial charge in [-0.1, -0.05) is 115 Å².